The minimum absolute atomic E-state index is 0.0336. The van der Waals surface area contributed by atoms with Crippen LogP contribution in [0.3, 0.4) is 0 Å². The SMILES string of the molecule is O=C(NCCC(=O)N1CCN(c2ncccn2)CC1)Nc1ccc(F)cc1Cl. The summed E-state index contributed by atoms with van der Waals surface area (Å²) in [6.45, 7) is 2.66. The minimum Gasteiger partial charge on any atom is -0.339 e. The lowest BCUT2D eigenvalue weighted by Gasteiger charge is -2.34. The van der Waals surface area contributed by atoms with Crippen molar-refractivity contribution in [2.45, 2.75) is 6.42 Å². The van der Waals surface area contributed by atoms with Crippen LogP contribution >= 0.6 is 11.6 Å². The molecular formula is C18H20ClFN6O2. The molecule has 2 heterocycles. The number of piperazine rings is 1. The first kappa shape index (κ1) is 19.8. The van der Waals surface area contributed by atoms with E-state index in [-0.39, 0.29) is 23.9 Å². The van der Waals surface area contributed by atoms with E-state index < -0.39 is 11.8 Å². The lowest BCUT2D eigenvalue weighted by Crippen LogP contribution is -2.49. The number of hydrogen-bond acceptors (Lipinski definition) is 5. The van der Waals surface area contributed by atoms with Crippen molar-refractivity contribution < 1.29 is 14.0 Å². The molecule has 0 unspecified atom stereocenters. The molecule has 1 aromatic heterocycles. The van der Waals surface area contributed by atoms with Crippen molar-refractivity contribution in [3.05, 3.63) is 47.5 Å². The van der Waals surface area contributed by atoms with Crippen LogP contribution in [0, 0.1) is 5.82 Å². The normalized spacial score (nSPS) is 13.9. The maximum absolute atomic E-state index is 13.0. The monoisotopic (exact) mass is 406 g/mol. The summed E-state index contributed by atoms with van der Waals surface area (Å²) in [7, 11) is 0. The van der Waals surface area contributed by atoms with Gasteiger partial charge in [0.15, 0.2) is 0 Å². The molecule has 1 aliphatic rings. The average molecular weight is 407 g/mol. The van der Waals surface area contributed by atoms with Gasteiger partial charge < -0.3 is 20.4 Å². The predicted molar refractivity (Wildman–Crippen MR) is 104 cm³/mol. The maximum Gasteiger partial charge on any atom is 0.319 e. The Morgan fingerprint density at radius 1 is 1.14 bits per heavy atom. The minimum atomic E-state index is -0.507. The topological polar surface area (TPSA) is 90.5 Å². The molecule has 0 atom stereocenters. The van der Waals surface area contributed by atoms with Crippen molar-refractivity contribution in [2.24, 2.45) is 0 Å². The Hall–Kier alpha value is -2.94. The number of hydrogen-bond donors (Lipinski definition) is 2. The van der Waals surface area contributed by atoms with Crippen LogP contribution in [-0.4, -0.2) is 59.5 Å². The third-order valence-corrected chi connectivity index (χ3v) is 4.58. The number of nitrogens with zero attached hydrogens (tertiary/aromatic N) is 4. The molecule has 8 nitrogen and oxygen atoms in total. The molecule has 148 valence electrons. The first-order valence-electron chi connectivity index (χ1n) is 8.82. The zero-order valence-electron chi connectivity index (χ0n) is 15.1. The van der Waals surface area contributed by atoms with Gasteiger partial charge in [-0.25, -0.2) is 19.2 Å². The lowest BCUT2D eigenvalue weighted by atomic mass is 10.3. The molecule has 2 N–H and O–H groups in total. The molecule has 1 aromatic carbocycles. The van der Waals surface area contributed by atoms with Gasteiger partial charge in [-0.15, -0.1) is 0 Å². The van der Waals surface area contributed by atoms with Crippen molar-refractivity contribution in [3.8, 4) is 0 Å². The summed E-state index contributed by atoms with van der Waals surface area (Å²) in [5.41, 5.74) is 0.297. The second-order valence-corrected chi connectivity index (χ2v) is 6.58. The van der Waals surface area contributed by atoms with E-state index >= 15 is 0 Å². The number of rotatable bonds is 5. The van der Waals surface area contributed by atoms with Gasteiger partial charge in [0.1, 0.15) is 5.82 Å². The summed E-state index contributed by atoms with van der Waals surface area (Å²) in [4.78, 5) is 36.4. The Morgan fingerprint density at radius 3 is 2.54 bits per heavy atom. The standard InChI is InChI=1S/C18H20ClFN6O2/c19-14-12-13(20)2-3-15(14)24-18(28)23-7-4-16(27)25-8-10-26(11-9-25)17-21-5-1-6-22-17/h1-3,5-6,12H,4,7-11H2,(H2,23,24,28). The van der Waals surface area contributed by atoms with Gasteiger partial charge in [0, 0.05) is 51.5 Å². The number of carbonyl (C=O) groups excluding carboxylic acids is 2. The van der Waals surface area contributed by atoms with E-state index in [9.17, 15) is 14.0 Å². The smallest absolute Gasteiger partial charge is 0.319 e. The molecule has 0 spiro atoms. The number of nitrogens with one attached hydrogen (secondary N) is 2. The number of benzene rings is 1. The van der Waals surface area contributed by atoms with Crippen LogP contribution in [0.25, 0.3) is 0 Å². The van der Waals surface area contributed by atoms with Gasteiger partial charge in [-0.3, -0.25) is 4.79 Å². The van der Waals surface area contributed by atoms with Gasteiger partial charge in [-0.1, -0.05) is 11.6 Å². The molecule has 1 fully saturated rings. The van der Waals surface area contributed by atoms with E-state index in [0.29, 0.717) is 37.8 Å². The highest BCUT2D eigenvalue weighted by Crippen LogP contribution is 2.22. The van der Waals surface area contributed by atoms with E-state index in [1.807, 2.05) is 4.90 Å². The summed E-state index contributed by atoms with van der Waals surface area (Å²) in [5, 5.41) is 5.22. The number of carbonyl (C=O) groups is 2. The Bertz CT molecular complexity index is 830. The molecule has 10 heteroatoms. The fraction of sp³-hybridized carbons (Fsp3) is 0.333. The zero-order valence-corrected chi connectivity index (χ0v) is 15.8. The largest absolute Gasteiger partial charge is 0.339 e. The van der Waals surface area contributed by atoms with Crippen molar-refractivity contribution in [1.82, 2.24) is 20.2 Å². The van der Waals surface area contributed by atoms with E-state index in [4.69, 9.17) is 11.6 Å². The second-order valence-electron chi connectivity index (χ2n) is 6.17. The Labute approximate surface area is 166 Å². The highest BCUT2D eigenvalue weighted by molar-refractivity contribution is 6.33. The van der Waals surface area contributed by atoms with Crippen LogP contribution in [-0.2, 0) is 4.79 Å². The molecule has 3 amide bonds. The fourth-order valence-electron chi connectivity index (χ4n) is 2.81. The quantitative estimate of drug-likeness (QED) is 0.793. The molecule has 0 saturated carbocycles. The Morgan fingerprint density at radius 2 is 1.86 bits per heavy atom. The molecule has 3 rings (SSSR count). The fourth-order valence-corrected chi connectivity index (χ4v) is 3.02. The van der Waals surface area contributed by atoms with Crippen LogP contribution < -0.4 is 15.5 Å². The molecule has 2 aromatic rings. The molecule has 28 heavy (non-hydrogen) atoms. The first-order chi connectivity index (χ1) is 13.5. The van der Waals surface area contributed by atoms with Gasteiger partial charge in [-0.05, 0) is 24.3 Å². The Balaban J connectivity index is 1.38. The van der Waals surface area contributed by atoms with E-state index in [2.05, 4.69) is 20.6 Å². The summed E-state index contributed by atoms with van der Waals surface area (Å²) in [6, 6.07) is 4.94. The van der Waals surface area contributed by atoms with Gasteiger partial charge in [0.25, 0.3) is 0 Å². The number of anilines is 2. The molecular weight excluding hydrogens is 387 g/mol. The van der Waals surface area contributed by atoms with Crippen LogP contribution in [0.4, 0.5) is 20.8 Å². The van der Waals surface area contributed by atoms with Crippen LogP contribution in [0.15, 0.2) is 36.7 Å². The summed E-state index contributed by atoms with van der Waals surface area (Å²) in [6.07, 6.45) is 3.57. The third-order valence-electron chi connectivity index (χ3n) is 4.27. The molecule has 1 aliphatic heterocycles. The van der Waals surface area contributed by atoms with Gasteiger partial charge >= 0.3 is 6.03 Å². The number of amides is 3. The highest BCUT2D eigenvalue weighted by Gasteiger charge is 2.22. The van der Waals surface area contributed by atoms with E-state index in [1.54, 1.807) is 23.4 Å². The Kier molecular flexibility index (Phi) is 6.59. The molecule has 0 aliphatic carbocycles. The lowest BCUT2D eigenvalue weighted by molar-refractivity contribution is -0.131. The van der Waals surface area contributed by atoms with Gasteiger partial charge in [0.2, 0.25) is 11.9 Å². The van der Waals surface area contributed by atoms with Crippen molar-refractivity contribution >= 4 is 35.2 Å². The second kappa shape index (κ2) is 9.32. The number of halogens is 2. The van der Waals surface area contributed by atoms with Crippen LogP contribution in [0.1, 0.15) is 6.42 Å². The number of urea groups is 1. The van der Waals surface area contributed by atoms with Crippen molar-refractivity contribution in [3.63, 3.8) is 0 Å². The summed E-state index contributed by atoms with van der Waals surface area (Å²) < 4.78 is 13.0. The van der Waals surface area contributed by atoms with E-state index in [0.717, 1.165) is 6.07 Å². The van der Waals surface area contributed by atoms with E-state index in [1.165, 1.54) is 12.1 Å². The molecule has 0 radical (unpaired) electrons. The van der Waals surface area contributed by atoms with Crippen molar-refractivity contribution in [1.29, 1.82) is 0 Å². The predicted octanol–water partition coefficient (Wildman–Crippen LogP) is 2.13. The maximum atomic E-state index is 13.0. The first-order valence-corrected chi connectivity index (χ1v) is 9.20. The van der Waals surface area contributed by atoms with Crippen LogP contribution in [0.5, 0.6) is 0 Å². The average Bonchev–Trinajstić information content (AvgIpc) is 2.71. The molecule has 1 saturated heterocycles. The third kappa shape index (κ3) is 5.29. The zero-order chi connectivity index (χ0) is 19.9. The van der Waals surface area contributed by atoms with Crippen LogP contribution in [0.2, 0.25) is 5.02 Å². The summed E-state index contributed by atoms with van der Waals surface area (Å²) >= 11 is 5.86. The van der Waals surface area contributed by atoms with Gasteiger partial charge in [0.05, 0.1) is 10.7 Å². The van der Waals surface area contributed by atoms with Gasteiger partial charge in [-0.2, -0.15) is 0 Å². The molecule has 0 bridgehead atoms. The summed E-state index contributed by atoms with van der Waals surface area (Å²) in [5.74, 6) is 0.140. The number of aromatic nitrogens is 2. The highest BCUT2D eigenvalue weighted by atomic mass is 35.5. The van der Waals surface area contributed by atoms with Crippen molar-refractivity contribution in [2.75, 3.05) is 42.9 Å².